The van der Waals surface area contributed by atoms with E-state index in [-0.39, 0.29) is 17.5 Å². The lowest BCUT2D eigenvalue weighted by Gasteiger charge is -2.28. The minimum Gasteiger partial charge on any atom is -0.378 e. The van der Waals surface area contributed by atoms with E-state index in [1.54, 1.807) is 20.1 Å². The molecule has 2 unspecified atom stereocenters. The van der Waals surface area contributed by atoms with Crippen LogP contribution in [0.15, 0.2) is 18.2 Å². The van der Waals surface area contributed by atoms with Gasteiger partial charge in [-0.25, -0.2) is 4.39 Å². The lowest BCUT2D eigenvalue weighted by molar-refractivity contribution is -0.0172. The highest BCUT2D eigenvalue weighted by atomic mass is 19.1. The summed E-state index contributed by atoms with van der Waals surface area (Å²) in [6.45, 7) is 5.87. The smallest absolute Gasteiger partial charge is 0.126 e. The number of halogens is 1. The van der Waals surface area contributed by atoms with Crippen molar-refractivity contribution in [3.63, 3.8) is 0 Å². The molecule has 1 fully saturated rings. The molecule has 1 saturated heterocycles. The number of methoxy groups -OCH3 is 1. The van der Waals surface area contributed by atoms with E-state index in [4.69, 9.17) is 9.47 Å². The van der Waals surface area contributed by atoms with E-state index in [0.29, 0.717) is 18.7 Å². The van der Waals surface area contributed by atoms with Crippen LogP contribution in [0.2, 0.25) is 0 Å². The second-order valence-corrected chi connectivity index (χ2v) is 5.30. The summed E-state index contributed by atoms with van der Waals surface area (Å²) >= 11 is 0. The van der Waals surface area contributed by atoms with Crippen molar-refractivity contribution in [3.05, 3.63) is 35.1 Å². The molecule has 4 heteroatoms. The third kappa shape index (κ3) is 3.32. The van der Waals surface area contributed by atoms with Gasteiger partial charge in [0.15, 0.2) is 0 Å². The summed E-state index contributed by atoms with van der Waals surface area (Å²) in [4.78, 5) is 0. The minimum atomic E-state index is -0.239. The Morgan fingerprint density at radius 2 is 2.32 bits per heavy atom. The van der Waals surface area contributed by atoms with Gasteiger partial charge in [0.05, 0.1) is 6.61 Å². The van der Waals surface area contributed by atoms with Crippen molar-refractivity contribution in [2.75, 3.05) is 26.9 Å². The number of hydrogen-bond acceptors (Lipinski definition) is 3. The van der Waals surface area contributed by atoms with Crippen LogP contribution in [0.5, 0.6) is 0 Å². The van der Waals surface area contributed by atoms with E-state index in [0.717, 1.165) is 18.6 Å². The van der Waals surface area contributed by atoms with Crippen LogP contribution in [-0.4, -0.2) is 32.5 Å². The molecule has 0 spiro atoms. The maximum atomic E-state index is 13.5. The monoisotopic (exact) mass is 267 g/mol. The molecule has 1 heterocycles. The molecule has 0 radical (unpaired) electrons. The highest BCUT2D eigenvalue weighted by molar-refractivity contribution is 5.25. The predicted molar refractivity (Wildman–Crippen MR) is 72.7 cm³/mol. The zero-order chi connectivity index (χ0) is 13.9. The third-order valence-electron chi connectivity index (χ3n) is 3.93. The van der Waals surface area contributed by atoms with Crippen LogP contribution in [0.4, 0.5) is 4.39 Å². The molecule has 0 aliphatic carbocycles. The largest absolute Gasteiger partial charge is 0.378 e. The molecule has 1 aromatic carbocycles. The van der Waals surface area contributed by atoms with Gasteiger partial charge in [0.1, 0.15) is 11.4 Å². The van der Waals surface area contributed by atoms with Crippen LogP contribution in [0.3, 0.4) is 0 Å². The highest BCUT2D eigenvalue weighted by Crippen LogP contribution is 2.23. The Morgan fingerprint density at radius 1 is 1.53 bits per heavy atom. The number of hydrogen-bond donors (Lipinski definition) is 1. The van der Waals surface area contributed by atoms with Gasteiger partial charge in [-0.05, 0) is 31.0 Å². The Morgan fingerprint density at radius 3 is 2.89 bits per heavy atom. The van der Waals surface area contributed by atoms with E-state index in [1.807, 2.05) is 19.1 Å². The van der Waals surface area contributed by atoms with Gasteiger partial charge in [0, 0.05) is 32.7 Å². The molecule has 0 saturated carbocycles. The quantitative estimate of drug-likeness (QED) is 0.889. The standard InChI is InChI=1S/C15H22FNO2/c1-11-4-5-13(8-14(11)16)12(2)17-9-15(18-3)6-7-19-10-15/h4-5,8,12,17H,6-7,9-10H2,1-3H3. The number of rotatable bonds is 5. The molecule has 2 atom stereocenters. The fourth-order valence-corrected chi connectivity index (χ4v) is 2.30. The second-order valence-electron chi connectivity index (χ2n) is 5.30. The molecule has 0 aromatic heterocycles. The van der Waals surface area contributed by atoms with Crippen molar-refractivity contribution in [1.82, 2.24) is 5.32 Å². The van der Waals surface area contributed by atoms with E-state index in [9.17, 15) is 4.39 Å². The first-order valence-electron chi connectivity index (χ1n) is 6.69. The Kier molecular flexibility index (Phi) is 4.55. The summed E-state index contributed by atoms with van der Waals surface area (Å²) < 4.78 is 24.5. The molecule has 1 aliphatic heterocycles. The molecule has 1 N–H and O–H groups in total. The number of ether oxygens (including phenoxy) is 2. The van der Waals surface area contributed by atoms with Crippen LogP contribution in [0.1, 0.15) is 30.5 Å². The van der Waals surface area contributed by atoms with E-state index in [2.05, 4.69) is 5.32 Å². The van der Waals surface area contributed by atoms with Gasteiger partial charge >= 0.3 is 0 Å². The molecule has 3 nitrogen and oxygen atoms in total. The van der Waals surface area contributed by atoms with Gasteiger partial charge in [0.2, 0.25) is 0 Å². The molecule has 106 valence electrons. The fraction of sp³-hybridized carbons (Fsp3) is 0.600. The SMILES string of the molecule is COC1(CNC(C)c2ccc(C)c(F)c2)CCOC1. The van der Waals surface area contributed by atoms with Gasteiger partial charge in [-0.1, -0.05) is 12.1 Å². The van der Waals surface area contributed by atoms with Gasteiger partial charge in [-0.3, -0.25) is 0 Å². The summed E-state index contributed by atoms with van der Waals surface area (Å²) in [6.07, 6.45) is 0.894. The van der Waals surface area contributed by atoms with Crippen molar-refractivity contribution >= 4 is 0 Å². The summed E-state index contributed by atoms with van der Waals surface area (Å²) in [6, 6.07) is 5.45. The lowest BCUT2D eigenvalue weighted by Crippen LogP contribution is -2.43. The second kappa shape index (κ2) is 5.99. The number of nitrogens with one attached hydrogen (secondary N) is 1. The molecule has 19 heavy (non-hydrogen) atoms. The van der Waals surface area contributed by atoms with E-state index < -0.39 is 0 Å². The van der Waals surface area contributed by atoms with Crippen molar-refractivity contribution < 1.29 is 13.9 Å². The Balaban J connectivity index is 1.96. The summed E-state index contributed by atoms with van der Waals surface area (Å²) in [5.74, 6) is -0.156. The lowest BCUT2D eigenvalue weighted by atomic mass is 10.0. The first-order valence-corrected chi connectivity index (χ1v) is 6.69. The van der Waals surface area contributed by atoms with Crippen LogP contribution < -0.4 is 5.32 Å². The Hall–Kier alpha value is -0.970. The summed E-state index contributed by atoms with van der Waals surface area (Å²) in [5.41, 5.74) is 1.39. The zero-order valence-electron chi connectivity index (χ0n) is 11.8. The minimum absolute atomic E-state index is 0.0859. The topological polar surface area (TPSA) is 30.5 Å². The zero-order valence-corrected chi connectivity index (χ0v) is 11.8. The molecule has 1 aliphatic rings. The van der Waals surface area contributed by atoms with Gasteiger partial charge in [-0.15, -0.1) is 0 Å². The molecule has 1 aromatic rings. The first-order chi connectivity index (χ1) is 9.06. The van der Waals surface area contributed by atoms with Crippen LogP contribution in [0.25, 0.3) is 0 Å². The first kappa shape index (κ1) is 14.4. The normalized spacial score (nSPS) is 24.6. The van der Waals surface area contributed by atoms with Gasteiger partial charge < -0.3 is 14.8 Å². The van der Waals surface area contributed by atoms with Crippen molar-refractivity contribution in [2.24, 2.45) is 0 Å². The van der Waals surface area contributed by atoms with Crippen molar-refractivity contribution in [3.8, 4) is 0 Å². The van der Waals surface area contributed by atoms with Crippen LogP contribution in [0, 0.1) is 12.7 Å². The van der Waals surface area contributed by atoms with Crippen LogP contribution in [-0.2, 0) is 9.47 Å². The molecular formula is C15H22FNO2. The summed E-state index contributed by atoms with van der Waals surface area (Å²) in [7, 11) is 1.71. The van der Waals surface area contributed by atoms with E-state index in [1.165, 1.54) is 0 Å². The van der Waals surface area contributed by atoms with Crippen LogP contribution >= 0.6 is 0 Å². The average molecular weight is 267 g/mol. The van der Waals surface area contributed by atoms with Gasteiger partial charge in [-0.2, -0.15) is 0 Å². The van der Waals surface area contributed by atoms with Crippen molar-refractivity contribution in [1.29, 1.82) is 0 Å². The predicted octanol–water partition coefficient (Wildman–Crippen LogP) is 2.59. The molecule has 0 bridgehead atoms. The maximum Gasteiger partial charge on any atom is 0.126 e. The van der Waals surface area contributed by atoms with E-state index >= 15 is 0 Å². The maximum absolute atomic E-state index is 13.5. The molecular weight excluding hydrogens is 245 g/mol. The molecule has 2 rings (SSSR count). The third-order valence-corrected chi connectivity index (χ3v) is 3.93. The average Bonchev–Trinajstić information content (AvgIpc) is 2.89. The Labute approximate surface area is 114 Å². The molecule has 0 amide bonds. The summed E-state index contributed by atoms with van der Waals surface area (Å²) in [5, 5.41) is 3.41. The van der Waals surface area contributed by atoms with Gasteiger partial charge in [0.25, 0.3) is 0 Å². The Bertz CT molecular complexity index is 430. The number of benzene rings is 1. The number of aryl methyl sites for hydroxylation is 1. The highest BCUT2D eigenvalue weighted by Gasteiger charge is 2.34. The van der Waals surface area contributed by atoms with Crippen molar-refractivity contribution in [2.45, 2.75) is 31.9 Å². The fourth-order valence-electron chi connectivity index (χ4n) is 2.30.